The van der Waals surface area contributed by atoms with E-state index in [-0.39, 0.29) is 12.0 Å². The molecule has 5 nitrogen and oxygen atoms in total. The highest BCUT2D eigenvalue weighted by Gasteiger charge is 2.40. The van der Waals surface area contributed by atoms with E-state index < -0.39 is 30.6 Å². The van der Waals surface area contributed by atoms with Crippen LogP contribution < -0.4 is 5.32 Å². The molecule has 0 aromatic rings. The summed E-state index contributed by atoms with van der Waals surface area (Å²) in [4.78, 5) is 11.1. The van der Waals surface area contributed by atoms with Crippen LogP contribution in [0, 0.1) is 5.92 Å². The molecule has 1 saturated heterocycles. The van der Waals surface area contributed by atoms with Gasteiger partial charge in [-0.3, -0.25) is 9.53 Å². The lowest BCUT2D eigenvalue weighted by Crippen LogP contribution is -2.39. The van der Waals surface area contributed by atoms with Gasteiger partial charge >= 0.3 is 12.3 Å². The Labute approximate surface area is 127 Å². The fourth-order valence-electron chi connectivity index (χ4n) is 3.38. The van der Waals surface area contributed by atoms with Gasteiger partial charge in [-0.05, 0) is 38.0 Å². The number of β-amino-alcohol motifs (C(OH)–C–C–N with tert-alkyl or cyclic N) is 1. The standard InChI is InChI=1S/C14H22F3NO4/c1-8(19)21-13-11(18-7-12(13)20)6-9-2-4-10(5-3-9)22-14(15,16)17/h9-13,18,20H,2-7H2,1H3/t9?,10?,11-,12+,13+/m1/s1. The van der Waals surface area contributed by atoms with Crippen molar-refractivity contribution in [2.24, 2.45) is 5.92 Å². The lowest BCUT2D eigenvalue weighted by Gasteiger charge is -2.31. The van der Waals surface area contributed by atoms with Gasteiger partial charge in [-0.15, -0.1) is 13.2 Å². The van der Waals surface area contributed by atoms with Crippen LogP contribution in [-0.4, -0.2) is 48.3 Å². The Bertz CT molecular complexity index is 383. The van der Waals surface area contributed by atoms with Gasteiger partial charge in [0.15, 0.2) is 0 Å². The van der Waals surface area contributed by atoms with Crippen LogP contribution in [0.25, 0.3) is 0 Å². The first-order valence-electron chi connectivity index (χ1n) is 7.58. The average molecular weight is 325 g/mol. The Morgan fingerprint density at radius 1 is 1.27 bits per heavy atom. The Morgan fingerprint density at radius 2 is 1.91 bits per heavy atom. The number of nitrogens with one attached hydrogen (secondary N) is 1. The summed E-state index contributed by atoms with van der Waals surface area (Å²) in [5.41, 5.74) is 0. The summed E-state index contributed by atoms with van der Waals surface area (Å²) in [6.45, 7) is 1.65. The molecule has 1 aliphatic heterocycles. The number of esters is 1. The zero-order valence-electron chi connectivity index (χ0n) is 12.4. The van der Waals surface area contributed by atoms with Gasteiger partial charge < -0.3 is 15.2 Å². The molecule has 8 heteroatoms. The Balaban J connectivity index is 1.79. The van der Waals surface area contributed by atoms with Crippen molar-refractivity contribution in [3.63, 3.8) is 0 Å². The molecule has 2 N–H and O–H groups in total. The summed E-state index contributed by atoms with van der Waals surface area (Å²) in [7, 11) is 0. The first kappa shape index (κ1) is 17.5. The van der Waals surface area contributed by atoms with Crippen molar-refractivity contribution in [1.29, 1.82) is 0 Å². The number of ether oxygens (including phenoxy) is 2. The van der Waals surface area contributed by atoms with Gasteiger partial charge in [-0.1, -0.05) is 0 Å². The predicted octanol–water partition coefficient (Wildman–Crippen LogP) is 1.74. The van der Waals surface area contributed by atoms with E-state index in [1.807, 2.05) is 0 Å². The predicted molar refractivity (Wildman–Crippen MR) is 70.9 cm³/mol. The molecule has 2 aliphatic rings. The van der Waals surface area contributed by atoms with E-state index in [1.54, 1.807) is 0 Å². The third-order valence-corrected chi connectivity index (χ3v) is 4.35. The normalized spacial score (nSPS) is 36.3. The third-order valence-electron chi connectivity index (χ3n) is 4.35. The van der Waals surface area contributed by atoms with Crippen LogP contribution in [0.15, 0.2) is 0 Å². The third kappa shape index (κ3) is 5.10. The topological polar surface area (TPSA) is 67.8 Å². The zero-order valence-corrected chi connectivity index (χ0v) is 12.4. The van der Waals surface area contributed by atoms with Gasteiger partial charge in [0.05, 0.1) is 6.10 Å². The largest absolute Gasteiger partial charge is 0.522 e. The van der Waals surface area contributed by atoms with Crippen LogP contribution in [0.5, 0.6) is 0 Å². The maximum absolute atomic E-state index is 12.2. The van der Waals surface area contributed by atoms with Crippen molar-refractivity contribution in [3.8, 4) is 0 Å². The van der Waals surface area contributed by atoms with Gasteiger partial charge in [0.2, 0.25) is 0 Å². The highest BCUT2D eigenvalue weighted by Crippen LogP contribution is 2.34. The number of hydrogen-bond donors (Lipinski definition) is 2. The van der Waals surface area contributed by atoms with Crippen molar-refractivity contribution in [1.82, 2.24) is 5.32 Å². The molecule has 2 rings (SSSR count). The van der Waals surface area contributed by atoms with E-state index in [9.17, 15) is 23.1 Å². The average Bonchev–Trinajstić information content (AvgIpc) is 2.71. The summed E-state index contributed by atoms with van der Waals surface area (Å²) >= 11 is 0. The van der Waals surface area contributed by atoms with E-state index in [0.29, 0.717) is 38.6 Å². The lowest BCUT2D eigenvalue weighted by atomic mass is 9.82. The molecule has 0 spiro atoms. The summed E-state index contributed by atoms with van der Waals surface area (Å²) < 4.78 is 45.7. The molecule has 0 unspecified atom stereocenters. The fraction of sp³-hybridized carbons (Fsp3) is 0.929. The molecule has 22 heavy (non-hydrogen) atoms. The Hall–Kier alpha value is -0.860. The molecule has 0 bridgehead atoms. The minimum Gasteiger partial charge on any atom is -0.458 e. The van der Waals surface area contributed by atoms with Crippen LogP contribution in [0.4, 0.5) is 13.2 Å². The number of hydrogen-bond acceptors (Lipinski definition) is 5. The molecule has 0 aromatic heterocycles. The molecular formula is C14H22F3NO4. The molecule has 0 radical (unpaired) electrons. The first-order chi connectivity index (χ1) is 10.2. The van der Waals surface area contributed by atoms with Gasteiger partial charge in [-0.2, -0.15) is 0 Å². The van der Waals surface area contributed by atoms with Crippen molar-refractivity contribution in [2.75, 3.05) is 6.54 Å². The van der Waals surface area contributed by atoms with Crippen molar-refractivity contribution in [2.45, 2.75) is 69.7 Å². The van der Waals surface area contributed by atoms with Gasteiger partial charge in [0, 0.05) is 19.5 Å². The minimum absolute atomic E-state index is 0.149. The summed E-state index contributed by atoms with van der Waals surface area (Å²) in [6, 6.07) is -0.149. The summed E-state index contributed by atoms with van der Waals surface area (Å²) in [5.74, 6) is -0.200. The lowest BCUT2D eigenvalue weighted by molar-refractivity contribution is -0.345. The number of halogens is 3. The van der Waals surface area contributed by atoms with E-state index in [1.165, 1.54) is 6.92 Å². The van der Waals surface area contributed by atoms with Crippen molar-refractivity contribution < 1.29 is 32.5 Å². The highest BCUT2D eigenvalue weighted by atomic mass is 19.4. The van der Waals surface area contributed by atoms with Crippen LogP contribution in [0.1, 0.15) is 39.0 Å². The molecular weight excluding hydrogens is 303 g/mol. The molecule has 1 saturated carbocycles. The van der Waals surface area contributed by atoms with Crippen LogP contribution in [-0.2, 0) is 14.3 Å². The van der Waals surface area contributed by atoms with Crippen LogP contribution >= 0.6 is 0 Å². The summed E-state index contributed by atoms with van der Waals surface area (Å²) in [5, 5.41) is 12.9. The second-order valence-corrected chi connectivity index (χ2v) is 6.10. The number of rotatable bonds is 4. The summed E-state index contributed by atoms with van der Waals surface area (Å²) in [6.07, 6.45) is -3.95. The van der Waals surface area contributed by atoms with E-state index >= 15 is 0 Å². The zero-order chi connectivity index (χ0) is 16.3. The Kier molecular flexibility index (Phi) is 5.68. The monoisotopic (exact) mass is 325 g/mol. The molecule has 128 valence electrons. The van der Waals surface area contributed by atoms with Crippen molar-refractivity contribution >= 4 is 5.97 Å². The number of carbonyl (C=O) groups is 1. The van der Waals surface area contributed by atoms with Crippen LogP contribution in [0.3, 0.4) is 0 Å². The van der Waals surface area contributed by atoms with Gasteiger partial charge in [-0.25, -0.2) is 0 Å². The van der Waals surface area contributed by atoms with E-state index in [0.717, 1.165) is 0 Å². The number of alkyl halides is 3. The Morgan fingerprint density at radius 3 is 2.45 bits per heavy atom. The van der Waals surface area contributed by atoms with E-state index in [2.05, 4.69) is 10.1 Å². The van der Waals surface area contributed by atoms with Crippen LogP contribution in [0.2, 0.25) is 0 Å². The quantitative estimate of drug-likeness (QED) is 0.771. The molecule has 0 amide bonds. The van der Waals surface area contributed by atoms with Gasteiger partial charge in [0.1, 0.15) is 12.2 Å². The minimum atomic E-state index is -4.57. The maximum atomic E-state index is 12.2. The fourth-order valence-corrected chi connectivity index (χ4v) is 3.38. The second-order valence-electron chi connectivity index (χ2n) is 6.10. The molecule has 3 atom stereocenters. The molecule has 1 aliphatic carbocycles. The number of aliphatic hydroxyl groups excluding tert-OH is 1. The maximum Gasteiger partial charge on any atom is 0.522 e. The molecule has 1 heterocycles. The number of carbonyl (C=O) groups excluding carboxylic acids is 1. The first-order valence-corrected chi connectivity index (χ1v) is 7.58. The van der Waals surface area contributed by atoms with Crippen molar-refractivity contribution in [3.05, 3.63) is 0 Å². The SMILES string of the molecule is CC(=O)O[C@@H]1[C@@H](O)CN[C@@H]1CC1CCC(OC(F)(F)F)CC1. The molecule has 0 aromatic carbocycles. The molecule has 2 fully saturated rings. The second kappa shape index (κ2) is 7.14. The smallest absolute Gasteiger partial charge is 0.458 e. The van der Waals surface area contributed by atoms with Gasteiger partial charge in [0.25, 0.3) is 0 Å². The number of aliphatic hydroxyl groups is 1. The highest BCUT2D eigenvalue weighted by molar-refractivity contribution is 5.66. The van der Waals surface area contributed by atoms with E-state index in [4.69, 9.17) is 4.74 Å².